The molecule has 0 heterocycles. The molecule has 2 amide bonds. The molecule has 0 aliphatic carbocycles. The topological polar surface area (TPSA) is 76.7 Å². The number of halogens is 2. The maximum Gasteiger partial charge on any atom is 0.253 e. The smallest absolute Gasteiger partial charge is 0.253 e. The van der Waals surface area contributed by atoms with Crippen molar-refractivity contribution in [3.63, 3.8) is 0 Å². The van der Waals surface area contributed by atoms with E-state index in [9.17, 15) is 18.4 Å². The molecule has 0 spiro atoms. The highest BCUT2D eigenvalue weighted by Crippen LogP contribution is 2.30. The predicted molar refractivity (Wildman–Crippen MR) is 133 cm³/mol. The van der Waals surface area contributed by atoms with Crippen molar-refractivity contribution in [3.8, 4) is 11.5 Å². The molecule has 0 bridgehead atoms. The average Bonchev–Trinajstić information content (AvgIpc) is 2.89. The van der Waals surface area contributed by atoms with Crippen molar-refractivity contribution in [1.82, 2.24) is 10.6 Å². The molecule has 3 aromatic carbocycles. The van der Waals surface area contributed by atoms with Gasteiger partial charge in [0.1, 0.15) is 17.8 Å². The summed E-state index contributed by atoms with van der Waals surface area (Å²) in [6, 6.07) is 15.2. The fourth-order valence-corrected chi connectivity index (χ4v) is 3.53. The molecule has 0 radical (unpaired) electrons. The predicted octanol–water partition coefficient (Wildman–Crippen LogP) is 5.79. The van der Waals surface area contributed by atoms with Gasteiger partial charge in [-0.1, -0.05) is 32.3 Å². The van der Waals surface area contributed by atoms with Crippen LogP contribution < -0.4 is 20.1 Å². The summed E-state index contributed by atoms with van der Waals surface area (Å²) in [4.78, 5) is 25.7. The minimum Gasteiger partial charge on any atom is -0.493 e. The van der Waals surface area contributed by atoms with Crippen LogP contribution in [-0.4, -0.2) is 25.5 Å². The summed E-state index contributed by atoms with van der Waals surface area (Å²) in [6.07, 6.45) is 3.30. The normalized spacial score (nSPS) is 10.7. The number of ether oxygens (including phenoxy) is 2. The Morgan fingerprint density at radius 3 is 1.83 bits per heavy atom. The van der Waals surface area contributed by atoms with Gasteiger partial charge in [0.05, 0.1) is 13.7 Å². The Morgan fingerprint density at radius 2 is 1.33 bits per heavy atom. The first-order chi connectivity index (χ1) is 17.4. The van der Waals surface area contributed by atoms with E-state index in [1.54, 1.807) is 18.2 Å². The minimum atomic E-state index is -0.965. The van der Waals surface area contributed by atoms with E-state index < -0.39 is 29.6 Å². The lowest BCUT2D eigenvalue weighted by Crippen LogP contribution is -2.41. The van der Waals surface area contributed by atoms with Crippen molar-refractivity contribution < 1.29 is 27.8 Å². The van der Waals surface area contributed by atoms with Gasteiger partial charge < -0.3 is 20.1 Å². The van der Waals surface area contributed by atoms with Crippen molar-refractivity contribution in [2.45, 2.75) is 38.8 Å². The van der Waals surface area contributed by atoms with Gasteiger partial charge in [-0.3, -0.25) is 9.59 Å². The van der Waals surface area contributed by atoms with Gasteiger partial charge in [-0.25, -0.2) is 8.78 Å². The van der Waals surface area contributed by atoms with E-state index in [1.807, 2.05) is 0 Å². The van der Waals surface area contributed by atoms with Crippen molar-refractivity contribution in [2.24, 2.45) is 0 Å². The highest BCUT2D eigenvalue weighted by atomic mass is 19.1. The highest BCUT2D eigenvalue weighted by Gasteiger charge is 2.21. The monoisotopic (exact) mass is 496 g/mol. The number of carbonyl (C=O) groups is 2. The zero-order valence-corrected chi connectivity index (χ0v) is 20.4. The number of hydrogen-bond acceptors (Lipinski definition) is 4. The molecule has 0 aromatic heterocycles. The van der Waals surface area contributed by atoms with Crippen molar-refractivity contribution in [3.05, 3.63) is 95.1 Å². The third-order valence-corrected chi connectivity index (χ3v) is 5.54. The molecule has 0 unspecified atom stereocenters. The Bertz CT molecular complexity index is 1090. The van der Waals surface area contributed by atoms with E-state index in [1.165, 1.54) is 55.6 Å². The van der Waals surface area contributed by atoms with Crippen molar-refractivity contribution >= 4 is 11.8 Å². The van der Waals surface area contributed by atoms with Crippen molar-refractivity contribution in [1.29, 1.82) is 0 Å². The summed E-state index contributed by atoms with van der Waals surface area (Å²) in [5.41, 5.74) is 0.962. The molecule has 0 saturated carbocycles. The first-order valence-corrected chi connectivity index (χ1v) is 11.8. The first-order valence-electron chi connectivity index (χ1n) is 11.8. The van der Waals surface area contributed by atoms with Gasteiger partial charge in [0.15, 0.2) is 11.5 Å². The minimum absolute atomic E-state index is 0.219. The Balaban J connectivity index is 1.83. The second-order valence-electron chi connectivity index (χ2n) is 8.21. The molecule has 2 N–H and O–H groups in total. The van der Waals surface area contributed by atoms with Crippen molar-refractivity contribution in [2.75, 3.05) is 13.7 Å². The number of nitrogens with one attached hydrogen (secondary N) is 2. The van der Waals surface area contributed by atoms with Gasteiger partial charge in [0.2, 0.25) is 0 Å². The molecule has 0 aliphatic rings. The molecule has 3 rings (SSSR count). The lowest BCUT2D eigenvalue weighted by Gasteiger charge is -2.22. The summed E-state index contributed by atoms with van der Waals surface area (Å²) in [5, 5.41) is 5.51. The number of benzene rings is 3. The van der Waals surface area contributed by atoms with Crippen LogP contribution in [0.3, 0.4) is 0 Å². The number of carbonyl (C=O) groups excluding carboxylic acids is 2. The zero-order valence-electron chi connectivity index (χ0n) is 20.4. The van der Waals surface area contributed by atoms with Gasteiger partial charge in [0, 0.05) is 11.1 Å². The summed E-state index contributed by atoms with van der Waals surface area (Å²) < 4.78 is 37.9. The highest BCUT2D eigenvalue weighted by molar-refractivity contribution is 5.96. The molecule has 0 aliphatic heterocycles. The number of methoxy groups -OCH3 is 1. The van der Waals surface area contributed by atoms with Crippen LogP contribution in [0.2, 0.25) is 0 Å². The number of rotatable bonds is 12. The van der Waals surface area contributed by atoms with E-state index in [-0.39, 0.29) is 11.1 Å². The Hall–Kier alpha value is -3.94. The summed E-state index contributed by atoms with van der Waals surface area (Å²) in [5.74, 6) is -0.985. The third-order valence-electron chi connectivity index (χ3n) is 5.54. The van der Waals surface area contributed by atoms with Crippen LogP contribution in [0.4, 0.5) is 8.78 Å². The Labute approximate surface area is 209 Å². The van der Waals surface area contributed by atoms with Crippen LogP contribution in [0, 0.1) is 11.6 Å². The second kappa shape index (κ2) is 13.2. The van der Waals surface area contributed by atoms with E-state index in [0.717, 1.165) is 25.7 Å². The molecule has 0 saturated heterocycles. The molecule has 36 heavy (non-hydrogen) atoms. The Morgan fingerprint density at radius 1 is 0.778 bits per heavy atom. The molecule has 8 heteroatoms. The summed E-state index contributed by atoms with van der Waals surface area (Å²) >= 11 is 0. The van der Waals surface area contributed by atoms with E-state index in [0.29, 0.717) is 23.7 Å². The molecule has 0 atom stereocenters. The summed E-state index contributed by atoms with van der Waals surface area (Å²) in [7, 11) is 1.51. The number of unbranched alkanes of at least 4 members (excludes halogenated alkanes) is 3. The van der Waals surface area contributed by atoms with Gasteiger partial charge in [0.25, 0.3) is 11.8 Å². The quantitative estimate of drug-likeness (QED) is 0.246. The second-order valence-corrected chi connectivity index (χ2v) is 8.21. The molecule has 6 nitrogen and oxygen atoms in total. The fourth-order valence-electron chi connectivity index (χ4n) is 3.53. The molecular formula is C28H30F2N2O4. The average molecular weight is 497 g/mol. The van der Waals surface area contributed by atoms with E-state index in [4.69, 9.17) is 9.47 Å². The fraction of sp³-hybridized carbons (Fsp3) is 0.286. The molecular weight excluding hydrogens is 466 g/mol. The largest absolute Gasteiger partial charge is 0.493 e. The molecule has 190 valence electrons. The van der Waals surface area contributed by atoms with E-state index in [2.05, 4.69) is 17.6 Å². The van der Waals surface area contributed by atoms with Gasteiger partial charge >= 0.3 is 0 Å². The van der Waals surface area contributed by atoms with Crippen LogP contribution in [-0.2, 0) is 0 Å². The Kier molecular flexibility index (Phi) is 9.80. The van der Waals surface area contributed by atoms with Crippen LogP contribution in [0.15, 0.2) is 66.7 Å². The molecule has 3 aromatic rings. The van der Waals surface area contributed by atoms with Crippen LogP contribution in [0.5, 0.6) is 11.5 Å². The van der Waals surface area contributed by atoms with Crippen LogP contribution in [0.25, 0.3) is 0 Å². The first kappa shape index (κ1) is 26.7. The number of amides is 2. The standard InChI is InChI=1S/C28H30F2N2O4/c1-3-4-5-6-17-36-24-16-11-21(18-25(24)35-2)26(31-27(33)19-7-12-22(29)13-8-19)32-28(34)20-9-14-23(30)15-10-20/h7-16,18,26H,3-6,17H2,1-2H3,(H,31,33)(H,32,34). The summed E-state index contributed by atoms with van der Waals surface area (Å²) in [6.45, 7) is 2.69. The lowest BCUT2D eigenvalue weighted by atomic mass is 10.1. The maximum atomic E-state index is 13.3. The molecule has 0 fully saturated rings. The van der Waals surface area contributed by atoms with Gasteiger partial charge in [-0.2, -0.15) is 0 Å². The maximum absolute atomic E-state index is 13.3. The van der Waals surface area contributed by atoms with Gasteiger partial charge in [-0.05, 0) is 72.6 Å². The van der Waals surface area contributed by atoms with Crippen LogP contribution >= 0.6 is 0 Å². The number of hydrogen-bond donors (Lipinski definition) is 2. The van der Waals surface area contributed by atoms with Gasteiger partial charge in [-0.15, -0.1) is 0 Å². The van der Waals surface area contributed by atoms with E-state index >= 15 is 0 Å². The SMILES string of the molecule is CCCCCCOc1ccc(C(NC(=O)c2ccc(F)cc2)NC(=O)c2ccc(F)cc2)cc1OC. The third kappa shape index (κ3) is 7.53. The van der Waals surface area contributed by atoms with Crippen LogP contribution in [0.1, 0.15) is 65.1 Å². The lowest BCUT2D eigenvalue weighted by molar-refractivity contribution is 0.0883. The zero-order chi connectivity index (χ0) is 25.9.